The number of benzene rings is 2. The Morgan fingerprint density at radius 2 is 1.83 bits per heavy atom. The molecule has 0 spiro atoms. The third-order valence-electron chi connectivity index (χ3n) is 4.15. The summed E-state index contributed by atoms with van der Waals surface area (Å²) in [6.45, 7) is 1.84. The molecule has 5 nitrogen and oxygen atoms in total. The van der Waals surface area contributed by atoms with Crippen LogP contribution in [0.3, 0.4) is 0 Å². The molecule has 0 aliphatic carbocycles. The first-order valence-corrected chi connectivity index (χ1v) is 8.59. The van der Waals surface area contributed by atoms with Crippen molar-refractivity contribution in [2.45, 2.75) is 13.1 Å². The fourth-order valence-corrected chi connectivity index (χ4v) is 2.64. The summed E-state index contributed by atoms with van der Waals surface area (Å²) < 4.78 is 52.4. The maximum atomic E-state index is 13.6. The number of nitriles is 1. The number of nitrogens with zero attached hydrogens (tertiary/aromatic N) is 2. The molecule has 0 unspecified atom stereocenters. The van der Waals surface area contributed by atoms with E-state index in [0.717, 1.165) is 5.56 Å². The molecule has 152 valence electrons. The highest BCUT2D eigenvalue weighted by molar-refractivity contribution is 6.06. The molecule has 0 aliphatic rings. The number of para-hydroxylation sites is 1. The summed E-state index contributed by atoms with van der Waals surface area (Å²) in [5.41, 5.74) is -0.0754. The number of aryl methyl sites for hydroxylation is 1. The fraction of sp³-hybridized carbons (Fsp3) is 0.0952. The number of hydrogen-bond acceptors (Lipinski definition) is 4. The smallest absolute Gasteiger partial charge is 0.338 e. The van der Waals surface area contributed by atoms with E-state index in [4.69, 9.17) is 5.26 Å². The summed E-state index contributed by atoms with van der Waals surface area (Å²) in [6, 6.07) is 12.0. The van der Waals surface area contributed by atoms with Crippen LogP contribution in [0.1, 0.15) is 27.0 Å². The third-order valence-corrected chi connectivity index (χ3v) is 4.15. The van der Waals surface area contributed by atoms with Crippen molar-refractivity contribution in [3.8, 4) is 6.07 Å². The van der Waals surface area contributed by atoms with Crippen molar-refractivity contribution < 1.29 is 22.4 Å². The normalized spacial score (nSPS) is 10.9. The lowest BCUT2D eigenvalue weighted by atomic mass is 10.1. The Kier molecular flexibility index (Phi) is 5.69. The number of aromatic nitrogens is 1. The van der Waals surface area contributed by atoms with Crippen LogP contribution in [0.15, 0.2) is 54.7 Å². The molecule has 0 atom stereocenters. The molecule has 9 heteroatoms. The summed E-state index contributed by atoms with van der Waals surface area (Å²) >= 11 is 0. The molecule has 30 heavy (non-hydrogen) atoms. The fourth-order valence-electron chi connectivity index (χ4n) is 2.64. The highest BCUT2D eigenvalue weighted by Crippen LogP contribution is 2.31. The molecular weight excluding hydrogens is 400 g/mol. The minimum Gasteiger partial charge on any atom is -0.338 e. The van der Waals surface area contributed by atoms with Crippen molar-refractivity contribution in [2.24, 2.45) is 0 Å². The van der Waals surface area contributed by atoms with Crippen molar-refractivity contribution in [2.75, 3.05) is 10.6 Å². The van der Waals surface area contributed by atoms with Crippen LogP contribution >= 0.6 is 0 Å². The van der Waals surface area contributed by atoms with E-state index < -0.39 is 29.0 Å². The zero-order valence-electron chi connectivity index (χ0n) is 15.5. The monoisotopic (exact) mass is 414 g/mol. The molecule has 2 N–H and O–H groups in total. The van der Waals surface area contributed by atoms with Gasteiger partial charge >= 0.3 is 6.18 Å². The number of alkyl halides is 3. The number of halogens is 4. The number of rotatable bonds is 4. The molecule has 3 aromatic rings. The Morgan fingerprint density at radius 3 is 2.50 bits per heavy atom. The molecule has 2 aromatic carbocycles. The molecule has 0 radical (unpaired) electrons. The maximum absolute atomic E-state index is 13.6. The standard InChI is InChI=1S/C21H14F4N4O/c1-12-4-2-3-5-17(12)28-19-18(6-13(10-26)11-27-19)29-20(30)14-7-15(21(23,24)25)9-16(22)8-14/h2-9,11H,1H3,(H,27,28)(H,29,30). The minimum absolute atomic E-state index is 0.0557. The van der Waals surface area contributed by atoms with Gasteiger partial charge in [-0.15, -0.1) is 0 Å². The SMILES string of the molecule is Cc1ccccc1Nc1ncc(C#N)cc1NC(=O)c1cc(F)cc(C(F)(F)F)c1. The Bertz CT molecular complexity index is 1150. The number of amides is 1. The van der Waals surface area contributed by atoms with E-state index in [0.29, 0.717) is 23.9 Å². The van der Waals surface area contributed by atoms with Crippen LogP contribution in [0.25, 0.3) is 0 Å². The van der Waals surface area contributed by atoms with Gasteiger partial charge in [0.05, 0.1) is 16.8 Å². The predicted octanol–water partition coefficient (Wildman–Crippen LogP) is 5.42. The zero-order valence-corrected chi connectivity index (χ0v) is 15.5. The van der Waals surface area contributed by atoms with E-state index in [9.17, 15) is 22.4 Å². The first-order valence-electron chi connectivity index (χ1n) is 8.59. The Hall–Kier alpha value is -3.93. The van der Waals surface area contributed by atoms with E-state index in [-0.39, 0.29) is 17.1 Å². The summed E-state index contributed by atoms with van der Waals surface area (Å²) in [4.78, 5) is 16.6. The molecule has 0 bridgehead atoms. The van der Waals surface area contributed by atoms with Gasteiger partial charge in [-0.2, -0.15) is 18.4 Å². The molecular formula is C21H14F4N4O. The Balaban J connectivity index is 1.96. The van der Waals surface area contributed by atoms with Gasteiger partial charge in [0.25, 0.3) is 5.91 Å². The van der Waals surface area contributed by atoms with Crippen LogP contribution in [0.5, 0.6) is 0 Å². The van der Waals surface area contributed by atoms with E-state index in [1.54, 1.807) is 12.1 Å². The average Bonchev–Trinajstić information content (AvgIpc) is 2.69. The molecule has 0 aliphatic heterocycles. The van der Waals surface area contributed by atoms with Crippen LogP contribution in [-0.2, 0) is 6.18 Å². The van der Waals surface area contributed by atoms with Crippen LogP contribution < -0.4 is 10.6 Å². The van der Waals surface area contributed by atoms with E-state index in [1.165, 1.54) is 12.3 Å². The van der Waals surface area contributed by atoms with Crippen molar-refractivity contribution in [3.63, 3.8) is 0 Å². The second-order valence-corrected chi connectivity index (χ2v) is 6.35. The molecule has 1 amide bonds. The van der Waals surface area contributed by atoms with Crippen LogP contribution in [0.4, 0.5) is 34.8 Å². The lowest BCUT2D eigenvalue weighted by Gasteiger charge is -2.14. The van der Waals surface area contributed by atoms with Gasteiger partial charge in [-0.05, 0) is 42.8 Å². The predicted molar refractivity (Wildman–Crippen MR) is 103 cm³/mol. The van der Waals surface area contributed by atoms with Crippen molar-refractivity contribution in [3.05, 3.63) is 82.8 Å². The second-order valence-electron chi connectivity index (χ2n) is 6.35. The lowest BCUT2D eigenvalue weighted by Crippen LogP contribution is -2.16. The number of hydrogen-bond donors (Lipinski definition) is 2. The highest BCUT2D eigenvalue weighted by Gasteiger charge is 2.32. The second kappa shape index (κ2) is 8.21. The lowest BCUT2D eigenvalue weighted by molar-refractivity contribution is -0.137. The summed E-state index contributed by atoms with van der Waals surface area (Å²) in [6.07, 6.45) is -3.53. The number of carbonyl (C=O) groups is 1. The van der Waals surface area contributed by atoms with Gasteiger partial charge in [-0.3, -0.25) is 4.79 Å². The topological polar surface area (TPSA) is 77.8 Å². The van der Waals surface area contributed by atoms with Gasteiger partial charge in [0.1, 0.15) is 11.9 Å². The quantitative estimate of drug-likeness (QED) is 0.559. The van der Waals surface area contributed by atoms with E-state index >= 15 is 0 Å². The summed E-state index contributed by atoms with van der Waals surface area (Å²) in [7, 11) is 0. The largest absolute Gasteiger partial charge is 0.416 e. The van der Waals surface area contributed by atoms with Gasteiger partial charge < -0.3 is 10.6 Å². The van der Waals surface area contributed by atoms with Crippen LogP contribution in [-0.4, -0.2) is 10.9 Å². The third kappa shape index (κ3) is 4.72. The van der Waals surface area contributed by atoms with Crippen molar-refractivity contribution >= 4 is 23.1 Å². The van der Waals surface area contributed by atoms with Gasteiger partial charge in [0.2, 0.25) is 0 Å². The molecule has 0 fully saturated rings. The van der Waals surface area contributed by atoms with Gasteiger partial charge in [0.15, 0.2) is 5.82 Å². The molecule has 3 rings (SSSR count). The molecule has 1 aromatic heterocycles. The van der Waals surface area contributed by atoms with E-state index in [1.807, 2.05) is 25.1 Å². The van der Waals surface area contributed by atoms with Gasteiger partial charge in [0, 0.05) is 17.4 Å². The molecule has 0 saturated carbocycles. The highest BCUT2D eigenvalue weighted by atomic mass is 19.4. The number of anilines is 3. The van der Waals surface area contributed by atoms with Crippen LogP contribution in [0.2, 0.25) is 0 Å². The number of carbonyl (C=O) groups excluding carboxylic acids is 1. The Morgan fingerprint density at radius 1 is 1.10 bits per heavy atom. The van der Waals surface area contributed by atoms with Crippen molar-refractivity contribution in [1.29, 1.82) is 5.26 Å². The maximum Gasteiger partial charge on any atom is 0.416 e. The van der Waals surface area contributed by atoms with Crippen LogP contribution in [0, 0.1) is 24.1 Å². The summed E-state index contributed by atoms with van der Waals surface area (Å²) in [5, 5.41) is 14.5. The zero-order chi connectivity index (χ0) is 21.9. The first-order chi connectivity index (χ1) is 14.2. The average molecular weight is 414 g/mol. The Labute approximate surface area is 169 Å². The number of nitrogens with one attached hydrogen (secondary N) is 2. The molecule has 0 saturated heterocycles. The van der Waals surface area contributed by atoms with Crippen molar-refractivity contribution in [1.82, 2.24) is 4.98 Å². The molecule has 1 heterocycles. The van der Waals surface area contributed by atoms with Gasteiger partial charge in [-0.1, -0.05) is 18.2 Å². The minimum atomic E-state index is -4.81. The van der Waals surface area contributed by atoms with E-state index in [2.05, 4.69) is 15.6 Å². The van der Waals surface area contributed by atoms with Gasteiger partial charge in [-0.25, -0.2) is 9.37 Å². The number of pyridine rings is 1. The first kappa shape index (κ1) is 20.8. The summed E-state index contributed by atoms with van der Waals surface area (Å²) in [5.74, 6) is -2.01.